The topological polar surface area (TPSA) is 63.1 Å². The van der Waals surface area contributed by atoms with E-state index in [1.165, 1.54) is 11.8 Å². The molecule has 0 aromatic carbocycles. The molecule has 1 aromatic rings. The lowest BCUT2D eigenvalue weighted by molar-refractivity contribution is 0.0690. The van der Waals surface area contributed by atoms with E-state index < -0.39 is 5.97 Å². The average molecular weight is 226 g/mol. The van der Waals surface area contributed by atoms with Gasteiger partial charge in [0.15, 0.2) is 0 Å². The van der Waals surface area contributed by atoms with Crippen LogP contribution in [0.4, 0.5) is 0 Å². The second-order valence-electron chi connectivity index (χ2n) is 3.00. The third-order valence-corrected chi connectivity index (χ3v) is 2.77. The monoisotopic (exact) mass is 226 g/mol. The van der Waals surface area contributed by atoms with Gasteiger partial charge in [0.25, 0.3) is 0 Å². The third kappa shape index (κ3) is 2.68. The summed E-state index contributed by atoms with van der Waals surface area (Å²) in [4.78, 5) is 19.4. The molecule has 5 heteroatoms. The first-order valence-corrected chi connectivity index (χ1v) is 5.82. The van der Waals surface area contributed by atoms with Gasteiger partial charge in [0, 0.05) is 6.42 Å². The Kier molecular flexibility index (Phi) is 4.08. The van der Waals surface area contributed by atoms with Crippen LogP contribution in [0, 0.1) is 6.92 Å². The van der Waals surface area contributed by atoms with Gasteiger partial charge >= 0.3 is 5.97 Å². The highest BCUT2D eigenvalue weighted by Gasteiger charge is 2.17. The fraction of sp³-hybridized carbons (Fsp3) is 0.500. The number of carboxylic acids is 1. The van der Waals surface area contributed by atoms with Crippen molar-refractivity contribution in [3.8, 4) is 0 Å². The number of rotatable bonds is 4. The van der Waals surface area contributed by atoms with Gasteiger partial charge in [-0.1, -0.05) is 13.8 Å². The SMILES string of the molecule is CCSc1nc(CC)nc(C)c1C(=O)O. The lowest BCUT2D eigenvalue weighted by Crippen LogP contribution is -2.09. The molecule has 0 radical (unpaired) electrons. The fourth-order valence-corrected chi connectivity index (χ4v) is 2.07. The number of hydrogen-bond donors (Lipinski definition) is 1. The van der Waals surface area contributed by atoms with Crippen LogP contribution in [-0.4, -0.2) is 26.8 Å². The Balaban J connectivity index is 3.28. The summed E-state index contributed by atoms with van der Waals surface area (Å²) in [5, 5.41) is 9.62. The molecule has 1 N–H and O–H groups in total. The number of thioether (sulfide) groups is 1. The molecule has 0 aliphatic rings. The van der Waals surface area contributed by atoms with Crippen LogP contribution >= 0.6 is 11.8 Å². The van der Waals surface area contributed by atoms with Crippen molar-refractivity contribution in [2.45, 2.75) is 32.2 Å². The maximum Gasteiger partial charge on any atom is 0.340 e. The Bertz CT molecular complexity index is 380. The molecule has 0 fully saturated rings. The van der Waals surface area contributed by atoms with Gasteiger partial charge in [-0.3, -0.25) is 0 Å². The van der Waals surface area contributed by atoms with Crippen molar-refractivity contribution in [1.29, 1.82) is 0 Å². The van der Waals surface area contributed by atoms with Crippen LogP contribution < -0.4 is 0 Å². The molecule has 0 saturated carbocycles. The summed E-state index contributed by atoms with van der Waals surface area (Å²) < 4.78 is 0. The van der Waals surface area contributed by atoms with Crippen molar-refractivity contribution in [1.82, 2.24) is 9.97 Å². The minimum absolute atomic E-state index is 0.235. The minimum atomic E-state index is -0.953. The normalized spacial score (nSPS) is 10.3. The van der Waals surface area contributed by atoms with E-state index in [-0.39, 0.29) is 5.56 Å². The van der Waals surface area contributed by atoms with Gasteiger partial charge in [-0.2, -0.15) is 0 Å². The van der Waals surface area contributed by atoms with E-state index in [0.717, 1.165) is 12.2 Å². The quantitative estimate of drug-likeness (QED) is 0.629. The maximum atomic E-state index is 11.0. The van der Waals surface area contributed by atoms with Crippen molar-refractivity contribution in [2.75, 3.05) is 5.75 Å². The molecule has 0 aliphatic heterocycles. The maximum absolute atomic E-state index is 11.0. The number of carbonyl (C=O) groups is 1. The van der Waals surface area contributed by atoms with Gasteiger partial charge in [-0.05, 0) is 12.7 Å². The molecule has 0 atom stereocenters. The highest BCUT2D eigenvalue weighted by Crippen LogP contribution is 2.22. The van der Waals surface area contributed by atoms with E-state index in [1.807, 2.05) is 13.8 Å². The number of aryl methyl sites for hydroxylation is 2. The molecular weight excluding hydrogens is 212 g/mol. The highest BCUT2D eigenvalue weighted by molar-refractivity contribution is 7.99. The molecule has 1 heterocycles. The second kappa shape index (κ2) is 5.11. The van der Waals surface area contributed by atoms with Crippen LogP contribution in [0.15, 0.2) is 5.03 Å². The Labute approximate surface area is 93.1 Å². The van der Waals surface area contributed by atoms with E-state index >= 15 is 0 Å². The first-order chi connectivity index (χ1) is 7.10. The van der Waals surface area contributed by atoms with Crippen LogP contribution in [0.3, 0.4) is 0 Å². The largest absolute Gasteiger partial charge is 0.478 e. The summed E-state index contributed by atoms with van der Waals surface area (Å²) in [5.41, 5.74) is 0.782. The molecule has 1 rings (SSSR count). The van der Waals surface area contributed by atoms with Crippen LogP contribution in [0.1, 0.15) is 35.7 Å². The van der Waals surface area contributed by atoms with Crippen LogP contribution in [0.5, 0.6) is 0 Å². The van der Waals surface area contributed by atoms with Gasteiger partial charge in [0.2, 0.25) is 0 Å². The van der Waals surface area contributed by atoms with Crippen LogP contribution in [0.2, 0.25) is 0 Å². The van der Waals surface area contributed by atoms with Crippen LogP contribution in [0.25, 0.3) is 0 Å². The van der Waals surface area contributed by atoms with Gasteiger partial charge in [-0.15, -0.1) is 11.8 Å². The van der Waals surface area contributed by atoms with Crippen molar-refractivity contribution in [3.05, 3.63) is 17.1 Å². The summed E-state index contributed by atoms with van der Waals surface area (Å²) in [6.07, 6.45) is 0.720. The van der Waals surface area contributed by atoms with Gasteiger partial charge in [0.05, 0.1) is 5.69 Å². The number of nitrogens with zero attached hydrogens (tertiary/aromatic N) is 2. The van der Waals surface area contributed by atoms with E-state index in [9.17, 15) is 4.79 Å². The molecule has 4 nitrogen and oxygen atoms in total. The zero-order chi connectivity index (χ0) is 11.4. The Morgan fingerprint density at radius 2 is 2.07 bits per heavy atom. The summed E-state index contributed by atoms with van der Waals surface area (Å²) in [6, 6.07) is 0. The zero-order valence-corrected chi connectivity index (χ0v) is 9.89. The van der Waals surface area contributed by atoms with E-state index in [0.29, 0.717) is 16.5 Å². The van der Waals surface area contributed by atoms with Crippen molar-refractivity contribution >= 4 is 17.7 Å². The predicted molar refractivity (Wildman–Crippen MR) is 59.5 cm³/mol. The van der Waals surface area contributed by atoms with Gasteiger partial charge < -0.3 is 5.11 Å². The first-order valence-electron chi connectivity index (χ1n) is 4.83. The molecule has 0 saturated heterocycles. The van der Waals surface area contributed by atoms with Crippen LogP contribution in [-0.2, 0) is 6.42 Å². The lowest BCUT2D eigenvalue weighted by Gasteiger charge is -2.08. The van der Waals surface area contributed by atoms with Gasteiger partial charge in [0.1, 0.15) is 16.4 Å². The molecule has 15 heavy (non-hydrogen) atoms. The van der Waals surface area contributed by atoms with E-state index in [4.69, 9.17) is 5.11 Å². The fourth-order valence-electron chi connectivity index (χ4n) is 1.25. The molecular formula is C10H14N2O2S. The third-order valence-electron chi connectivity index (χ3n) is 1.91. The number of carboxylic acid groups (broad SMARTS) is 1. The second-order valence-corrected chi connectivity index (χ2v) is 4.25. The predicted octanol–water partition coefficient (Wildman–Crippen LogP) is 2.16. The minimum Gasteiger partial charge on any atom is -0.478 e. The first kappa shape index (κ1) is 12.0. The standard InChI is InChI=1S/C10H14N2O2S/c1-4-7-11-6(3)8(10(13)14)9(12-7)15-5-2/h4-5H2,1-3H3,(H,13,14). The summed E-state index contributed by atoms with van der Waals surface area (Å²) in [7, 11) is 0. The van der Waals surface area contributed by atoms with E-state index in [1.54, 1.807) is 6.92 Å². The zero-order valence-electron chi connectivity index (χ0n) is 9.07. The Morgan fingerprint density at radius 3 is 2.53 bits per heavy atom. The Morgan fingerprint density at radius 1 is 1.40 bits per heavy atom. The number of hydrogen-bond acceptors (Lipinski definition) is 4. The van der Waals surface area contributed by atoms with Crippen molar-refractivity contribution in [2.24, 2.45) is 0 Å². The molecule has 0 bridgehead atoms. The Hall–Kier alpha value is -1.10. The molecule has 0 amide bonds. The van der Waals surface area contributed by atoms with E-state index in [2.05, 4.69) is 9.97 Å². The summed E-state index contributed by atoms with van der Waals surface area (Å²) in [5.74, 6) is 0.555. The van der Waals surface area contributed by atoms with Crippen molar-refractivity contribution in [3.63, 3.8) is 0 Å². The molecule has 1 aromatic heterocycles. The molecule has 0 aliphatic carbocycles. The summed E-state index contributed by atoms with van der Waals surface area (Å²) in [6.45, 7) is 5.64. The van der Waals surface area contributed by atoms with Crippen molar-refractivity contribution < 1.29 is 9.90 Å². The molecule has 0 unspecified atom stereocenters. The smallest absolute Gasteiger partial charge is 0.340 e. The van der Waals surface area contributed by atoms with Gasteiger partial charge in [-0.25, -0.2) is 14.8 Å². The summed E-state index contributed by atoms with van der Waals surface area (Å²) >= 11 is 1.44. The average Bonchev–Trinajstić information content (AvgIpc) is 2.16. The lowest BCUT2D eigenvalue weighted by atomic mass is 10.2. The molecule has 0 spiro atoms. The number of aromatic nitrogens is 2. The highest BCUT2D eigenvalue weighted by atomic mass is 32.2. The molecule has 82 valence electrons. The number of aromatic carboxylic acids is 1.